The van der Waals surface area contributed by atoms with Crippen molar-refractivity contribution in [3.05, 3.63) is 52.1 Å². The Hall–Kier alpha value is -1.28. The van der Waals surface area contributed by atoms with Crippen LogP contribution < -0.4 is 10.0 Å². The van der Waals surface area contributed by atoms with Crippen LogP contribution in [-0.2, 0) is 10.0 Å². The molecular weight excluding hydrogens is 387 g/mol. The van der Waals surface area contributed by atoms with Crippen LogP contribution in [-0.4, -0.2) is 15.0 Å². The fraction of sp³-hybridized carbons (Fsp3) is 0.143. The van der Waals surface area contributed by atoms with E-state index in [2.05, 4.69) is 32.6 Å². The van der Waals surface area contributed by atoms with E-state index in [-0.39, 0.29) is 4.90 Å². The quantitative estimate of drug-likeness (QED) is 0.753. The minimum absolute atomic E-state index is 0.248. The van der Waals surface area contributed by atoms with E-state index in [1.165, 1.54) is 0 Å². The van der Waals surface area contributed by atoms with Crippen molar-refractivity contribution in [2.75, 3.05) is 16.6 Å². The molecule has 6 heteroatoms. The van der Waals surface area contributed by atoms with Crippen molar-refractivity contribution in [1.82, 2.24) is 0 Å². The lowest BCUT2D eigenvalue weighted by Crippen LogP contribution is -2.12. The number of anilines is 2. The molecule has 0 bridgehead atoms. The van der Waals surface area contributed by atoms with Crippen molar-refractivity contribution in [2.24, 2.45) is 0 Å². The third kappa shape index (κ3) is 3.86. The third-order valence-corrected chi connectivity index (χ3v) is 4.76. The van der Waals surface area contributed by atoms with Crippen molar-refractivity contribution in [3.8, 4) is 0 Å². The smallest absolute Gasteiger partial charge is 0.261 e. The summed E-state index contributed by atoms with van der Waals surface area (Å²) in [4.78, 5) is 0.248. The summed E-state index contributed by atoms with van der Waals surface area (Å²) in [7, 11) is -3.54. The van der Waals surface area contributed by atoms with Crippen LogP contribution in [0.5, 0.6) is 0 Å². The number of halogens is 1. The molecule has 0 heterocycles. The first kappa shape index (κ1) is 15.1. The predicted molar refractivity (Wildman–Crippen MR) is 90.6 cm³/mol. The highest BCUT2D eigenvalue weighted by molar-refractivity contribution is 14.1. The summed E-state index contributed by atoms with van der Waals surface area (Å²) in [5.74, 6) is 0. The van der Waals surface area contributed by atoms with Crippen LogP contribution in [0.15, 0.2) is 53.4 Å². The monoisotopic (exact) mass is 402 g/mol. The van der Waals surface area contributed by atoms with Gasteiger partial charge in [-0.3, -0.25) is 4.72 Å². The molecule has 0 amide bonds. The highest BCUT2D eigenvalue weighted by Gasteiger charge is 2.13. The number of rotatable bonds is 5. The summed E-state index contributed by atoms with van der Waals surface area (Å²) in [6.07, 6.45) is 0. The number of hydrogen-bond acceptors (Lipinski definition) is 3. The van der Waals surface area contributed by atoms with Gasteiger partial charge in [0.25, 0.3) is 10.0 Å². The van der Waals surface area contributed by atoms with E-state index in [1.807, 2.05) is 19.1 Å². The van der Waals surface area contributed by atoms with Gasteiger partial charge in [0.15, 0.2) is 0 Å². The molecule has 0 unspecified atom stereocenters. The molecule has 2 aromatic rings. The van der Waals surface area contributed by atoms with Crippen molar-refractivity contribution in [3.63, 3.8) is 0 Å². The van der Waals surface area contributed by atoms with E-state index in [4.69, 9.17) is 0 Å². The van der Waals surface area contributed by atoms with Gasteiger partial charge in [0, 0.05) is 21.5 Å². The van der Waals surface area contributed by atoms with E-state index in [1.54, 1.807) is 36.4 Å². The topological polar surface area (TPSA) is 58.2 Å². The lowest BCUT2D eigenvalue weighted by atomic mass is 10.3. The summed E-state index contributed by atoms with van der Waals surface area (Å²) >= 11 is 2.17. The molecule has 0 aromatic heterocycles. The summed E-state index contributed by atoms with van der Waals surface area (Å²) < 4.78 is 28.1. The molecule has 2 aromatic carbocycles. The van der Waals surface area contributed by atoms with E-state index >= 15 is 0 Å². The van der Waals surface area contributed by atoms with Crippen molar-refractivity contribution >= 4 is 44.0 Å². The van der Waals surface area contributed by atoms with E-state index < -0.39 is 10.0 Å². The van der Waals surface area contributed by atoms with Crippen LogP contribution >= 0.6 is 22.6 Å². The first-order chi connectivity index (χ1) is 9.51. The van der Waals surface area contributed by atoms with Gasteiger partial charge < -0.3 is 5.32 Å². The number of nitrogens with one attached hydrogen (secondary N) is 2. The Labute approximate surface area is 132 Å². The SMILES string of the molecule is CCNc1ccc(S(=O)(=O)Nc2ccc(I)cc2)cc1. The number of hydrogen-bond donors (Lipinski definition) is 2. The highest BCUT2D eigenvalue weighted by atomic mass is 127. The molecule has 2 N–H and O–H groups in total. The average molecular weight is 402 g/mol. The minimum atomic E-state index is -3.54. The Morgan fingerprint density at radius 3 is 2.05 bits per heavy atom. The van der Waals surface area contributed by atoms with Gasteiger partial charge >= 0.3 is 0 Å². The van der Waals surface area contributed by atoms with Crippen molar-refractivity contribution < 1.29 is 8.42 Å². The molecule has 0 atom stereocenters. The van der Waals surface area contributed by atoms with E-state index in [0.717, 1.165) is 15.8 Å². The zero-order valence-electron chi connectivity index (χ0n) is 10.9. The highest BCUT2D eigenvalue weighted by Crippen LogP contribution is 2.19. The second-order valence-electron chi connectivity index (χ2n) is 4.17. The van der Waals surface area contributed by atoms with Crippen molar-refractivity contribution in [1.29, 1.82) is 0 Å². The molecule has 0 aliphatic carbocycles. The Bertz CT molecular complexity index is 667. The summed E-state index contributed by atoms with van der Waals surface area (Å²) in [6, 6.07) is 13.9. The van der Waals surface area contributed by atoms with Gasteiger partial charge in [0.05, 0.1) is 4.90 Å². The molecule has 2 rings (SSSR count). The molecule has 106 valence electrons. The fourth-order valence-corrected chi connectivity index (χ4v) is 3.11. The van der Waals surface area contributed by atoms with Crippen LogP contribution in [0.3, 0.4) is 0 Å². The minimum Gasteiger partial charge on any atom is -0.385 e. The molecule has 20 heavy (non-hydrogen) atoms. The van der Waals surface area contributed by atoms with Gasteiger partial charge in [-0.1, -0.05) is 0 Å². The largest absolute Gasteiger partial charge is 0.385 e. The van der Waals surface area contributed by atoms with Crippen LogP contribution in [0.4, 0.5) is 11.4 Å². The first-order valence-electron chi connectivity index (χ1n) is 6.13. The Kier molecular flexibility index (Phi) is 4.87. The maximum absolute atomic E-state index is 12.2. The van der Waals surface area contributed by atoms with Gasteiger partial charge in [-0.2, -0.15) is 0 Å². The molecule has 0 aliphatic heterocycles. The predicted octanol–water partition coefficient (Wildman–Crippen LogP) is 3.52. The summed E-state index contributed by atoms with van der Waals surface area (Å²) in [6.45, 7) is 2.79. The first-order valence-corrected chi connectivity index (χ1v) is 8.70. The lowest BCUT2D eigenvalue weighted by Gasteiger charge is -2.09. The van der Waals surface area contributed by atoms with Gasteiger partial charge in [-0.05, 0) is 78.0 Å². The maximum atomic E-state index is 12.2. The van der Waals surface area contributed by atoms with Gasteiger partial charge in [0.2, 0.25) is 0 Å². The van der Waals surface area contributed by atoms with Crippen LogP contribution in [0, 0.1) is 3.57 Å². The van der Waals surface area contributed by atoms with Gasteiger partial charge in [-0.15, -0.1) is 0 Å². The maximum Gasteiger partial charge on any atom is 0.261 e. The molecule has 0 saturated heterocycles. The molecule has 4 nitrogen and oxygen atoms in total. The normalized spacial score (nSPS) is 11.1. The molecule has 0 spiro atoms. The second-order valence-corrected chi connectivity index (χ2v) is 7.10. The molecule has 0 radical (unpaired) electrons. The number of benzene rings is 2. The van der Waals surface area contributed by atoms with Gasteiger partial charge in [0.1, 0.15) is 0 Å². The van der Waals surface area contributed by atoms with Crippen LogP contribution in [0.2, 0.25) is 0 Å². The third-order valence-electron chi connectivity index (χ3n) is 2.64. The zero-order valence-corrected chi connectivity index (χ0v) is 13.9. The van der Waals surface area contributed by atoms with E-state index in [9.17, 15) is 8.42 Å². The zero-order chi connectivity index (χ0) is 14.6. The standard InChI is InChI=1S/C14H15IN2O2S/c1-2-16-12-7-9-14(10-8-12)20(18,19)17-13-5-3-11(15)4-6-13/h3-10,16-17H,2H2,1H3. The number of sulfonamides is 1. The van der Waals surface area contributed by atoms with Gasteiger partial charge in [-0.25, -0.2) is 8.42 Å². The van der Waals surface area contributed by atoms with Crippen LogP contribution in [0.1, 0.15) is 6.92 Å². The molecular formula is C14H15IN2O2S. The molecule has 0 aliphatic rings. The summed E-state index contributed by atoms with van der Waals surface area (Å²) in [5.41, 5.74) is 1.46. The van der Waals surface area contributed by atoms with Crippen LogP contribution in [0.25, 0.3) is 0 Å². The Morgan fingerprint density at radius 1 is 0.950 bits per heavy atom. The second kappa shape index (κ2) is 6.45. The molecule has 0 fully saturated rings. The Balaban J connectivity index is 2.19. The molecule has 0 saturated carbocycles. The van der Waals surface area contributed by atoms with E-state index in [0.29, 0.717) is 5.69 Å². The Morgan fingerprint density at radius 2 is 1.50 bits per heavy atom. The summed E-state index contributed by atoms with van der Waals surface area (Å²) in [5, 5.41) is 3.13. The van der Waals surface area contributed by atoms with Crippen molar-refractivity contribution in [2.45, 2.75) is 11.8 Å². The lowest BCUT2D eigenvalue weighted by molar-refractivity contribution is 0.601. The fourth-order valence-electron chi connectivity index (χ4n) is 1.69. The average Bonchev–Trinajstić information content (AvgIpc) is 2.42.